The molecule has 1 fully saturated rings. The van der Waals surface area contributed by atoms with Gasteiger partial charge in [0, 0.05) is 24.2 Å². The quantitative estimate of drug-likeness (QED) is 0.723. The van der Waals surface area contributed by atoms with Crippen LogP contribution in [-0.2, 0) is 33.9 Å². The highest BCUT2D eigenvalue weighted by Crippen LogP contribution is 2.28. The molecule has 2 aliphatic heterocycles. The van der Waals surface area contributed by atoms with Crippen molar-refractivity contribution in [2.75, 3.05) is 5.32 Å². The maximum absolute atomic E-state index is 12.9. The second-order valence-electron chi connectivity index (χ2n) is 7.65. The Hall–Kier alpha value is -3.68. The zero-order valence-electron chi connectivity index (χ0n) is 17.1. The largest absolute Gasteiger partial charge is 0.444 e. The van der Waals surface area contributed by atoms with Crippen LogP contribution in [0.25, 0.3) is 0 Å². The van der Waals surface area contributed by atoms with Gasteiger partial charge in [0.15, 0.2) is 0 Å². The van der Waals surface area contributed by atoms with E-state index >= 15 is 0 Å². The van der Waals surface area contributed by atoms with Crippen LogP contribution in [0.5, 0.6) is 0 Å². The summed E-state index contributed by atoms with van der Waals surface area (Å²) in [4.78, 5) is 50.0. The van der Waals surface area contributed by atoms with Crippen molar-refractivity contribution in [3.05, 3.63) is 64.7 Å². The van der Waals surface area contributed by atoms with Crippen LogP contribution in [0.2, 0.25) is 0 Å². The number of benzene rings is 2. The fourth-order valence-corrected chi connectivity index (χ4v) is 3.86. The number of rotatable bonds is 5. The van der Waals surface area contributed by atoms with Gasteiger partial charge in [0.25, 0.3) is 5.91 Å². The van der Waals surface area contributed by atoms with Crippen LogP contribution in [0.4, 0.5) is 10.5 Å². The van der Waals surface area contributed by atoms with E-state index in [0.29, 0.717) is 29.8 Å². The second kappa shape index (κ2) is 8.59. The first-order valence-electron chi connectivity index (χ1n) is 10.2. The van der Waals surface area contributed by atoms with Crippen LogP contribution in [-0.4, -0.2) is 34.8 Å². The van der Waals surface area contributed by atoms with Gasteiger partial charge in [-0.2, -0.15) is 0 Å². The molecular weight excluding hydrogens is 398 g/mol. The lowest BCUT2D eigenvalue weighted by molar-refractivity contribution is -0.136. The van der Waals surface area contributed by atoms with E-state index in [1.807, 2.05) is 25.1 Å². The maximum Gasteiger partial charge on any atom is 0.411 e. The molecule has 0 aliphatic carbocycles. The van der Waals surface area contributed by atoms with Gasteiger partial charge >= 0.3 is 6.09 Å². The minimum atomic E-state index is -0.651. The Morgan fingerprint density at radius 3 is 2.77 bits per heavy atom. The molecule has 8 heteroatoms. The number of nitrogens with one attached hydrogen (secondary N) is 2. The van der Waals surface area contributed by atoms with Gasteiger partial charge < -0.3 is 9.64 Å². The number of nitrogens with zero attached hydrogens (tertiary/aromatic N) is 1. The molecule has 0 radical (unpaired) electrons. The number of ether oxygens (including phenoxy) is 1. The third kappa shape index (κ3) is 4.42. The number of carbonyl (C=O) groups excluding carboxylic acids is 4. The highest BCUT2D eigenvalue weighted by atomic mass is 16.5. The monoisotopic (exact) mass is 421 g/mol. The zero-order chi connectivity index (χ0) is 22.0. The molecule has 8 nitrogen and oxygen atoms in total. The molecule has 1 unspecified atom stereocenters. The molecule has 4 amide bonds. The van der Waals surface area contributed by atoms with Gasteiger partial charge in [-0.25, -0.2) is 4.79 Å². The van der Waals surface area contributed by atoms with E-state index in [1.54, 1.807) is 24.3 Å². The number of fused-ring (bicyclic) bond motifs is 1. The molecule has 2 aromatic carbocycles. The molecule has 2 N–H and O–H groups in total. The van der Waals surface area contributed by atoms with Gasteiger partial charge in [0.2, 0.25) is 11.8 Å². The van der Waals surface area contributed by atoms with Crippen LogP contribution in [0.3, 0.4) is 0 Å². The fraction of sp³-hybridized carbons (Fsp3) is 0.304. The summed E-state index contributed by atoms with van der Waals surface area (Å²) in [5.74, 6) is -1.01. The van der Waals surface area contributed by atoms with E-state index in [9.17, 15) is 19.2 Å². The number of piperidine rings is 1. The first kappa shape index (κ1) is 20.6. The molecule has 2 aromatic rings. The Bertz CT molecular complexity index is 1060. The number of carbonyl (C=O) groups is 4. The Morgan fingerprint density at radius 2 is 2.00 bits per heavy atom. The third-order valence-electron chi connectivity index (χ3n) is 5.54. The summed E-state index contributed by atoms with van der Waals surface area (Å²) in [6.45, 7) is 2.36. The summed E-state index contributed by atoms with van der Waals surface area (Å²) in [7, 11) is 0. The summed E-state index contributed by atoms with van der Waals surface area (Å²) in [6.07, 6.45) is 0.820. The molecule has 2 aliphatic rings. The first-order valence-corrected chi connectivity index (χ1v) is 10.2. The smallest absolute Gasteiger partial charge is 0.411 e. The Balaban J connectivity index is 1.38. The molecule has 31 heavy (non-hydrogen) atoms. The summed E-state index contributed by atoms with van der Waals surface area (Å²) in [5.41, 5.74) is 3.74. The average molecular weight is 421 g/mol. The lowest BCUT2D eigenvalue weighted by atomic mass is 10.0. The molecule has 2 heterocycles. The van der Waals surface area contributed by atoms with Crippen molar-refractivity contribution < 1.29 is 23.9 Å². The summed E-state index contributed by atoms with van der Waals surface area (Å²) < 4.78 is 5.30. The Labute approximate surface area is 179 Å². The molecule has 0 bridgehead atoms. The summed E-state index contributed by atoms with van der Waals surface area (Å²) in [5, 5.41) is 4.99. The normalized spacial score (nSPS) is 17.9. The topological polar surface area (TPSA) is 105 Å². The van der Waals surface area contributed by atoms with E-state index in [1.165, 1.54) is 4.90 Å². The average Bonchev–Trinajstić information content (AvgIpc) is 3.08. The van der Waals surface area contributed by atoms with E-state index in [2.05, 4.69) is 10.6 Å². The predicted molar refractivity (Wildman–Crippen MR) is 112 cm³/mol. The molecule has 1 saturated heterocycles. The Kier molecular flexibility index (Phi) is 5.70. The van der Waals surface area contributed by atoms with Crippen LogP contribution in [0.15, 0.2) is 42.5 Å². The van der Waals surface area contributed by atoms with Crippen LogP contribution >= 0.6 is 0 Å². The lowest BCUT2D eigenvalue weighted by Gasteiger charge is -2.29. The fourth-order valence-electron chi connectivity index (χ4n) is 3.86. The SMILES string of the molecule is CCc1cccc(NC(=O)OCc2ccc3c(c2)C(=O)N(C2CCC(=O)NC2=O)C3)c1. The zero-order valence-corrected chi connectivity index (χ0v) is 17.1. The lowest BCUT2D eigenvalue weighted by Crippen LogP contribution is -2.52. The van der Waals surface area contributed by atoms with Gasteiger partial charge in [-0.1, -0.05) is 31.2 Å². The summed E-state index contributed by atoms with van der Waals surface area (Å²) >= 11 is 0. The van der Waals surface area contributed by atoms with Gasteiger partial charge in [-0.3, -0.25) is 25.0 Å². The van der Waals surface area contributed by atoms with Crippen LogP contribution in [0, 0.1) is 0 Å². The minimum absolute atomic E-state index is 0.0122. The standard InChI is InChI=1S/C23H23N3O5/c1-2-14-4-3-5-17(10-14)24-23(30)31-13-15-6-7-16-12-26(22(29)18(16)11-15)19-8-9-20(27)25-21(19)28/h3-7,10-11,19H,2,8-9,12-13H2,1H3,(H,24,30)(H,25,27,28). The van der Waals surface area contributed by atoms with Crippen molar-refractivity contribution >= 4 is 29.5 Å². The number of hydrogen-bond acceptors (Lipinski definition) is 5. The molecule has 4 rings (SSSR count). The van der Waals surface area contributed by atoms with E-state index in [0.717, 1.165) is 17.5 Å². The van der Waals surface area contributed by atoms with E-state index < -0.39 is 18.0 Å². The number of aryl methyl sites for hydroxylation is 1. The molecule has 160 valence electrons. The van der Waals surface area contributed by atoms with Crippen molar-refractivity contribution in [3.8, 4) is 0 Å². The van der Waals surface area contributed by atoms with Crippen molar-refractivity contribution in [1.29, 1.82) is 0 Å². The van der Waals surface area contributed by atoms with Crippen molar-refractivity contribution in [2.24, 2.45) is 0 Å². The third-order valence-corrected chi connectivity index (χ3v) is 5.54. The van der Waals surface area contributed by atoms with Crippen molar-refractivity contribution in [3.63, 3.8) is 0 Å². The van der Waals surface area contributed by atoms with Crippen molar-refractivity contribution in [1.82, 2.24) is 10.2 Å². The Morgan fingerprint density at radius 1 is 1.16 bits per heavy atom. The van der Waals surface area contributed by atoms with E-state index in [-0.39, 0.29) is 24.8 Å². The highest BCUT2D eigenvalue weighted by molar-refractivity contribution is 6.05. The summed E-state index contributed by atoms with van der Waals surface area (Å²) in [6, 6.07) is 12.2. The van der Waals surface area contributed by atoms with Crippen molar-refractivity contribution in [2.45, 2.75) is 45.4 Å². The predicted octanol–water partition coefficient (Wildman–Crippen LogP) is 2.76. The van der Waals surface area contributed by atoms with Crippen LogP contribution in [0.1, 0.15) is 46.8 Å². The number of hydrogen-bond donors (Lipinski definition) is 2. The molecule has 0 saturated carbocycles. The maximum atomic E-state index is 12.9. The second-order valence-corrected chi connectivity index (χ2v) is 7.65. The number of anilines is 1. The van der Waals surface area contributed by atoms with E-state index in [4.69, 9.17) is 4.74 Å². The minimum Gasteiger partial charge on any atom is -0.444 e. The highest BCUT2D eigenvalue weighted by Gasteiger charge is 2.39. The number of amides is 4. The van der Waals surface area contributed by atoms with Crippen LogP contribution < -0.4 is 10.6 Å². The number of imide groups is 1. The van der Waals surface area contributed by atoms with Gasteiger partial charge in [0.05, 0.1) is 0 Å². The van der Waals surface area contributed by atoms with Gasteiger partial charge in [-0.15, -0.1) is 0 Å². The van der Waals surface area contributed by atoms with Gasteiger partial charge in [0.1, 0.15) is 12.6 Å². The molecule has 1 atom stereocenters. The molecule has 0 aromatic heterocycles. The van der Waals surface area contributed by atoms with Gasteiger partial charge in [-0.05, 0) is 47.7 Å². The first-order chi connectivity index (χ1) is 14.9. The molecule has 0 spiro atoms. The molecular formula is C23H23N3O5.